The van der Waals surface area contributed by atoms with Crippen LogP contribution in [0, 0.1) is 11.6 Å². The van der Waals surface area contributed by atoms with E-state index in [1.807, 2.05) is 0 Å². The van der Waals surface area contributed by atoms with Gasteiger partial charge in [0.25, 0.3) is 0 Å². The number of halogens is 4. The highest BCUT2D eigenvalue weighted by Crippen LogP contribution is 2.18. The third-order valence-corrected chi connectivity index (χ3v) is 2.49. The van der Waals surface area contributed by atoms with Crippen molar-refractivity contribution < 1.29 is 8.78 Å². The summed E-state index contributed by atoms with van der Waals surface area (Å²) in [5.41, 5.74) is 0.140. The van der Waals surface area contributed by atoms with Crippen molar-refractivity contribution in [2.75, 3.05) is 5.32 Å². The maximum atomic E-state index is 13.3. The van der Waals surface area contributed by atoms with E-state index in [1.165, 1.54) is 0 Å². The summed E-state index contributed by atoms with van der Waals surface area (Å²) in [6, 6.07) is 3.15. The van der Waals surface area contributed by atoms with Gasteiger partial charge in [-0.3, -0.25) is 0 Å². The highest BCUT2D eigenvalue weighted by molar-refractivity contribution is 6.32. The smallest absolute Gasteiger partial charge is 0.245 e. The summed E-state index contributed by atoms with van der Waals surface area (Å²) < 4.78 is 26.3. The first-order valence-corrected chi connectivity index (χ1v) is 5.55. The van der Waals surface area contributed by atoms with Gasteiger partial charge < -0.3 is 5.32 Å². The molecule has 0 bridgehead atoms. The molecule has 1 aromatic carbocycles. The molecule has 0 saturated heterocycles. The number of rotatable bonds is 3. The van der Waals surface area contributed by atoms with Gasteiger partial charge in [-0.25, -0.2) is 8.78 Å². The van der Waals surface area contributed by atoms with Crippen LogP contribution in [0.25, 0.3) is 0 Å². The lowest BCUT2D eigenvalue weighted by Crippen LogP contribution is -2.06. The molecule has 0 unspecified atom stereocenters. The zero-order valence-corrected chi connectivity index (χ0v) is 10.3. The maximum Gasteiger partial charge on any atom is 0.245 e. The van der Waals surface area contributed by atoms with Gasteiger partial charge in [-0.1, -0.05) is 11.6 Å². The Kier molecular flexibility index (Phi) is 3.88. The van der Waals surface area contributed by atoms with Crippen molar-refractivity contribution in [1.82, 2.24) is 15.2 Å². The first-order valence-electron chi connectivity index (χ1n) is 4.80. The predicted molar refractivity (Wildman–Crippen MR) is 63.5 cm³/mol. The standard InChI is InChI=1S/C10H6Cl2F2N4/c11-8-9(16-10(12)18-17-8)15-4-5-3-6(13)1-2-7(5)14/h1-3H,4H2,(H,15,16,18). The van der Waals surface area contributed by atoms with Crippen LogP contribution in [0.15, 0.2) is 18.2 Å². The Morgan fingerprint density at radius 1 is 1.17 bits per heavy atom. The average Bonchev–Trinajstić information content (AvgIpc) is 2.34. The Morgan fingerprint density at radius 2 is 1.94 bits per heavy atom. The van der Waals surface area contributed by atoms with Gasteiger partial charge in [-0.2, -0.15) is 4.98 Å². The minimum atomic E-state index is -0.534. The van der Waals surface area contributed by atoms with Gasteiger partial charge >= 0.3 is 0 Å². The molecular formula is C10H6Cl2F2N4. The molecule has 0 radical (unpaired) electrons. The van der Waals surface area contributed by atoms with Crippen molar-refractivity contribution in [3.8, 4) is 0 Å². The van der Waals surface area contributed by atoms with Crippen molar-refractivity contribution in [1.29, 1.82) is 0 Å². The van der Waals surface area contributed by atoms with Gasteiger partial charge in [0.05, 0.1) is 0 Å². The fourth-order valence-corrected chi connectivity index (χ4v) is 1.53. The molecule has 1 N–H and O–H groups in total. The number of nitrogens with one attached hydrogen (secondary N) is 1. The van der Waals surface area contributed by atoms with Crippen LogP contribution >= 0.6 is 23.2 Å². The number of nitrogens with zero attached hydrogens (tertiary/aromatic N) is 3. The maximum absolute atomic E-state index is 13.3. The number of aromatic nitrogens is 3. The molecule has 0 aliphatic heterocycles. The number of benzene rings is 1. The molecule has 2 aromatic rings. The largest absolute Gasteiger partial charge is 0.363 e. The van der Waals surface area contributed by atoms with Gasteiger partial charge in [-0.15, -0.1) is 10.2 Å². The van der Waals surface area contributed by atoms with Crippen LogP contribution in [-0.4, -0.2) is 15.2 Å². The average molecular weight is 291 g/mol. The first-order chi connectivity index (χ1) is 8.56. The summed E-state index contributed by atoms with van der Waals surface area (Å²) in [6.45, 7) is -0.00165. The van der Waals surface area contributed by atoms with Crippen molar-refractivity contribution >= 4 is 29.0 Å². The third-order valence-electron chi connectivity index (χ3n) is 2.07. The summed E-state index contributed by atoms with van der Waals surface area (Å²) in [5, 5.41) is 9.55. The molecule has 0 amide bonds. The van der Waals surface area contributed by atoms with E-state index in [4.69, 9.17) is 23.2 Å². The van der Waals surface area contributed by atoms with E-state index >= 15 is 0 Å². The van der Waals surface area contributed by atoms with E-state index in [2.05, 4.69) is 20.5 Å². The number of hydrogen-bond donors (Lipinski definition) is 1. The minimum absolute atomic E-state index is 0.00165. The Morgan fingerprint density at radius 3 is 2.72 bits per heavy atom. The second kappa shape index (κ2) is 5.41. The normalized spacial score (nSPS) is 10.4. The quantitative estimate of drug-likeness (QED) is 0.944. The van der Waals surface area contributed by atoms with Gasteiger partial charge in [-0.05, 0) is 29.8 Å². The number of hydrogen-bond acceptors (Lipinski definition) is 4. The Hall–Kier alpha value is -1.53. The van der Waals surface area contributed by atoms with Crippen molar-refractivity contribution in [3.63, 3.8) is 0 Å². The molecule has 94 valence electrons. The van der Waals surface area contributed by atoms with E-state index in [0.29, 0.717) is 0 Å². The molecule has 1 aromatic heterocycles. The first kappa shape index (κ1) is 12.9. The lowest BCUT2D eigenvalue weighted by Gasteiger charge is -2.07. The molecular weight excluding hydrogens is 285 g/mol. The van der Waals surface area contributed by atoms with E-state index in [-0.39, 0.29) is 28.4 Å². The van der Waals surface area contributed by atoms with Gasteiger partial charge in [0, 0.05) is 12.1 Å². The Labute approximate surface area is 111 Å². The van der Waals surface area contributed by atoms with Crippen molar-refractivity contribution in [2.24, 2.45) is 0 Å². The SMILES string of the molecule is Fc1ccc(F)c(CNc2nc(Cl)nnc2Cl)c1. The molecule has 2 rings (SSSR count). The Balaban J connectivity index is 2.16. The molecule has 0 aliphatic carbocycles. The molecule has 8 heteroatoms. The van der Waals surface area contributed by atoms with E-state index in [0.717, 1.165) is 18.2 Å². The monoisotopic (exact) mass is 290 g/mol. The van der Waals surface area contributed by atoms with Crippen LogP contribution < -0.4 is 5.32 Å². The highest BCUT2D eigenvalue weighted by Gasteiger charge is 2.08. The summed E-state index contributed by atoms with van der Waals surface area (Å²) >= 11 is 11.2. The summed E-state index contributed by atoms with van der Waals surface area (Å²) in [5.74, 6) is -0.911. The zero-order chi connectivity index (χ0) is 13.1. The van der Waals surface area contributed by atoms with Crippen LogP contribution in [0.2, 0.25) is 10.4 Å². The second-order valence-corrected chi connectivity index (χ2v) is 4.01. The van der Waals surface area contributed by atoms with Crippen LogP contribution in [0.5, 0.6) is 0 Å². The molecule has 0 fully saturated rings. The lowest BCUT2D eigenvalue weighted by atomic mass is 10.2. The molecule has 4 nitrogen and oxygen atoms in total. The van der Waals surface area contributed by atoms with Gasteiger partial charge in [0.15, 0.2) is 11.0 Å². The summed E-state index contributed by atoms with van der Waals surface area (Å²) in [4.78, 5) is 3.77. The van der Waals surface area contributed by atoms with Crippen LogP contribution in [0.3, 0.4) is 0 Å². The van der Waals surface area contributed by atoms with Crippen LogP contribution in [0.4, 0.5) is 14.6 Å². The lowest BCUT2D eigenvalue weighted by molar-refractivity contribution is 0.587. The van der Waals surface area contributed by atoms with Crippen LogP contribution in [0.1, 0.15) is 5.56 Å². The minimum Gasteiger partial charge on any atom is -0.363 e. The molecule has 1 heterocycles. The van der Waals surface area contributed by atoms with E-state index < -0.39 is 11.6 Å². The van der Waals surface area contributed by atoms with Gasteiger partial charge in [0.1, 0.15) is 11.6 Å². The summed E-state index contributed by atoms with van der Waals surface area (Å²) in [7, 11) is 0. The van der Waals surface area contributed by atoms with Crippen molar-refractivity contribution in [2.45, 2.75) is 6.54 Å². The van der Waals surface area contributed by atoms with Gasteiger partial charge in [0.2, 0.25) is 5.28 Å². The predicted octanol–water partition coefficient (Wildman–Crippen LogP) is 3.07. The summed E-state index contributed by atoms with van der Waals surface area (Å²) in [6.07, 6.45) is 0. The molecule has 0 spiro atoms. The molecule has 0 aliphatic rings. The molecule has 18 heavy (non-hydrogen) atoms. The fraction of sp³-hybridized carbons (Fsp3) is 0.100. The third kappa shape index (κ3) is 3.02. The highest BCUT2D eigenvalue weighted by atomic mass is 35.5. The van der Waals surface area contributed by atoms with Crippen molar-refractivity contribution in [3.05, 3.63) is 45.8 Å². The topological polar surface area (TPSA) is 50.7 Å². The fourth-order valence-electron chi connectivity index (χ4n) is 1.26. The van der Waals surface area contributed by atoms with E-state index in [9.17, 15) is 8.78 Å². The molecule has 0 atom stereocenters. The molecule has 0 saturated carbocycles. The van der Waals surface area contributed by atoms with Crippen LogP contribution in [-0.2, 0) is 6.54 Å². The number of anilines is 1. The Bertz CT molecular complexity index is 528. The zero-order valence-electron chi connectivity index (χ0n) is 8.79. The van der Waals surface area contributed by atoms with E-state index in [1.54, 1.807) is 0 Å². The second-order valence-electron chi connectivity index (χ2n) is 3.31.